The second-order valence-corrected chi connectivity index (χ2v) is 3.35. The molecule has 0 aromatic rings. The molecule has 0 aromatic heterocycles. The van der Waals surface area contributed by atoms with Crippen molar-refractivity contribution in [1.29, 1.82) is 0 Å². The largest absolute Gasteiger partial charge is 0.481 e. The van der Waals surface area contributed by atoms with Crippen LogP contribution in [0.5, 0.6) is 0 Å². The van der Waals surface area contributed by atoms with E-state index in [2.05, 4.69) is 6.92 Å². The molecular formula is C10H20N2O5. The summed E-state index contributed by atoms with van der Waals surface area (Å²) < 4.78 is 0. The molecule has 0 aliphatic carbocycles. The van der Waals surface area contributed by atoms with Gasteiger partial charge in [0.05, 0.1) is 0 Å². The van der Waals surface area contributed by atoms with Gasteiger partial charge in [0, 0.05) is 19.3 Å². The van der Waals surface area contributed by atoms with Crippen LogP contribution < -0.4 is 11.2 Å². The minimum absolute atomic E-state index is 0.0353. The molecule has 0 rings (SSSR count). The van der Waals surface area contributed by atoms with Gasteiger partial charge in [0.1, 0.15) is 0 Å². The molecule has 7 heteroatoms. The van der Waals surface area contributed by atoms with E-state index < -0.39 is 17.8 Å². The third kappa shape index (κ3) is 20.4. The quantitative estimate of drug-likeness (QED) is 0.294. The fraction of sp³-hybridized carbons (Fsp3) is 0.700. The van der Waals surface area contributed by atoms with Gasteiger partial charge >= 0.3 is 5.97 Å². The van der Waals surface area contributed by atoms with Crippen molar-refractivity contribution < 1.29 is 24.7 Å². The maximum Gasteiger partial charge on any atom is 0.303 e. The van der Waals surface area contributed by atoms with Gasteiger partial charge < -0.3 is 10.8 Å². The van der Waals surface area contributed by atoms with E-state index in [4.69, 9.17) is 16.0 Å². The Morgan fingerprint density at radius 2 is 1.71 bits per heavy atom. The number of carbonyl (C=O) groups excluding carboxylic acids is 2. The highest BCUT2D eigenvalue weighted by Crippen LogP contribution is 1.97. The summed E-state index contributed by atoms with van der Waals surface area (Å²) in [5.74, 6) is -1.84. The number of primary amides is 1. The van der Waals surface area contributed by atoms with Crippen molar-refractivity contribution in [2.45, 2.75) is 45.4 Å². The van der Waals surface area contributed by atoms with Crippen LogP contribution in [0.3, 0.4) is 0 Å². The second-order valence-electron chi connectivity index (χ2n) is 3.35. The Bertz CT molecular complexity index is 243. The molecule has 7 nitrogen and oxygen atoms in total. The van der Waals surface area contributed by atoms with Crippen molar-refractivity contribution >= 4 is 17.8 Å². The van der Waals surface area contributed by atoms with E-state index in [1.165, 1.54) is 5.48 Å². The minimum atomic E-state index is -0.682. The number of nitrogens with two attached hydrogens (primary N) is 1. The van der Waals surface area contributed by atoms with E-state index in [-0.39, 0.29) is 12.8 Å². The molecule has 0 radical (unpaired) electrons. The number of carboxylic acids is 1. The van der Waals surface area contributed by atoms with Crippen LogP contribution in [-0.4, -0.2) is 28.1 Å². The monoisotopic (exact) mass is 248 g/mol. The molecule has 0 aliphatic heterocycles. The Balaban J connectivity index is 0. The van der Waals surface area contributed by atoms with Crippen molar-refractivity contribution in [3.8, 4) is 0 Å². The van der Waals surface area contributed by atoms with Crippen LogP contribution in [0, 0.1) is 0 Å². The van der Waals surface area contributed by atoms with E-state index in [9.17, 15) is 14.4 Å². The molecule has 0 spiro atoms. The number of rotatable bonds is 7. The average Bonchev–Trinajstić information content (AvgIpc) is 2.26. The number of hydrogen-bond acceptors (Lipinski definition) is 4. The van der Waals surface area contributed by atoms with Crippen LogP contribution in [-0.2, 0) is 14.4 Å². The van der Waals surface area contributed by atoms with Gasteiger partial charge in [-0.1, -0.05) is 19.8 Å². The van der Waals surface area contributed by atoms with Crippen LogP contribution in [0.2, 0.25) is 0 Å². The van der Waals surface area contributed by atoms with Gasteiger partial charge in [-0.2, -0.15) is 0 Å². The summed E-state index contributed by atoms with van der Waals surface area (Å²) in [6.07, 6.45) is 3.18. The molecule has 0 saturated heterocycles. The number of nitrogens with one attached hydrogen (secondary N) is 1. The summed E-state index contributed by atoms with van der Waals surface area (Å²) in [7, 11) is 0. The van der Waals surface area contributed by atoms with Crippen LogP contribution in [0.1, 0.15) is 45.4 Å². The van der Waals surface area contributed by atoms with E-state index in [1.54, 1.807) is 0 Å². The maximum atomic E-state index is 10.1. The Labute approximate surface area is 99.9 Å². The van der Waals surface area contributed by atoms with Crippen molar-refractivity contribution in [1.82, 2.24) is 5.48 Å². The lowest BCUT2D eigenvalue weighted by Crippen LogP contribution is -2.21. The normalized spacial score (nSPS) is 8.82. The van der Waals surface area contributed by atoms with Crippen molar-refractivity contribution in [2.24, 2.45) is 5.73 Å². The molecule has 5 N–H and O–H groups in total. The van der Waals surface area contributed by atoms with E-state index in [1.807, 2.05) is 0 Å². The van der Waals surface area contributed by atoms with Gasteiger partial charge in [-0.3, -0.25) is 19.6 Å². The average molecular weight is 248 g/mol. The molecule has 0 saturated carbocycles. The zero-order valence-corrected chi connectivity index (χ0v) is 9.94. The smallest absolute Gasteiger partial charge is 0.303 e. The van der Waals surface area contributed by atoms with Crippen molar-refractivity contribution in [3.63, 3.8) is 0 Å². The molecule has 100 valence electrons. The first kappa shape index (κ1) is 17.8. The number of carbonyl (C=O) groups is 3. The van der Waals surface area contributed by atoms with Gasteiger partial charge in [-0.15, -0.1) is 0 Å². The second kappa shape index (κ2) is 12.4. The molecular weight excluding hydrogens is 228 g/mol. The molecule has 0 fully saturated rings. The summed E-state index contributed by atoms with van der Waals surface area (Å²) in [6.45, 7) is 2.06. The fourth-order valence-corrected chi connectivity index (χ4v) is 0.819. The molecule has 0 atom stereocenters. The highest BCUT2D eigenvalue weighted by molar-refractivity contribution is 5.82. The first-order valence-corrected chi connectivity index (χ1v) is 5.37. The summed E-state index contributed by atoms with van der Waals surface area (Å²) >= 11 is 0. The van der Waals surface area contributed by atoms with Crippen molar-refractivity contribution in [3.05, 3.63) is 0 Å². The minimum Gasteiger partial charge on any atom is -0.481 e. The Kier molecular flexibility index (Phi) is 13.0. The van der Waals surface area contributed by atoms with Gasteiger partial charge in [0.25, 0.3) is 0 Å². The fourth-order valence-electron chi connectivity index (χ4n) is 0.819. The topological polar surface area (TPSA) is 130 Å². The molecule has 0 heterocycles. The number of hydroxylamine groups is 1. The Morgan fingerprint density at radius 1 is 1.12 bits per heavy atom. The number of unbranched alkanes of at least 4 members (excludes halogenated alkanes) is 2. The van der Waals surface area contributed by atoms with Crippen LogP contribution in [0.15, 0.2) is 0 Å². The maximum absolute atomic E-state index is 10.1. The molecule has 17 heavy (non-hydrogen) atoms. The summed E-state index contributed by atoms with van der Waals surface area (Å²) in [5, 5.41) is 16.0. The lowest BCUT2D eigenvalue weighted by atomic mass is 10.2. The number of carboxylic acid groups (broad SMARTS) is 1. The third-order valence-electron chi connectivity index (χ3n) is 1.72. The lowest BCUT2D eigenvalue weighted by Gasteiger charge is -1.92. The van der Waals surface area contributed by atoms with Crippen LogP contribution in [0.4, 0.5) is 0 Å². The SMILES string of the molecule is CCCCCC(=O)O.NC(=O)CCC(=O)NO. The third-order valence-corrected chi connectivity index (χ3v) is 1.72. The molecule has 0 aliphatic rings. The van der Waals surface area contributed by atoms with E-state index in [0.717, 1.165) is 19.3 Å². The number of aliphatic carboxylic acids is 1. The molecule has 0 aromatic carbocycles. The predicted octanol–water partition coefficient (Wildman–Crippen LogP) is 0.409. The predicted molar refractivity (Wildman–Crippen MR) is 60.1 cm³/mol. The van der Waals surface area contributed by atoms with E-state index >= 15 is 0 Å². The summed E-state index contributed by atoms with van der Waals surface area (Å²) in [4.78, 5) is 30.0. The Morgan fingerprint density at radius 3 is 2.06 bits per heavy atom. The zero-order valence-electron chi connectivity index (χ0n) is 9.94. The highest BCUT2D eigenvalue weighted by Gasteiger charge is 2.00. The number of hydrogen-bond donors (Lipinski definition) is 4. The van der Waals surface area contributed by atoms with Gasteiger partial charge in [0.15, 0.2) is 0 Å². The molecule has 0 bridgehead atoms. The van der Waals surface area contributed by atoms with Gasteiger partial charge in [0.2, 0.25) is 11.8 Å². The first-order valence-electron chi connectivity index (χ1n) is 5.37. The van der Waals surface area contributed by atoms with E-state index in [0.29, 0.717) is 6.42 Å². The molecule has 0 unspecified atom stereocenters. The zero-order chi connectivity index (χ0) is 13.7. The molecule has 2 amide bonds. The summed E-state index contributed by atoms with van der Waals surface area (Å²) in [6, 6.07) is 0. The van der Waals surface area contributed by atoms with Crippen molar-refractivity contribution in [2.75, 3.05) is 0 Å². The lowest BCUT2D eigenvalue weighted by molar-refractivity contribution is -0.137. The number of amides is 2. The van der Waals surface area contributed by atoms with Gasteiger partial charge in [-0.05, 0) is 6.42 Å². The first-order chi connectivity index (χ1) is 7.93. The van der Waals surface area contributed by atoms with Gasteiger partial charge in [-0.25, -0.2) is 5.48 Å². The standard InChI is InChI=1S/C6H12O2.C4H8N2O3/c1-2-3-4-5-6(7)8;5-3(7)1-2-4(8)6-9/h2-5H2,1H3,(H,7,8);9H,1-2H2,(H2,5,7)(H,6,8). The highest BCUT2D eigenvalue weighted by atomic mass is 16.5. The summed E-state index contributed by atoms with van der Waals surface area (Å²) in [5.41, 5.74) is 6.07. The van der Waals surface area contributed by atoms with Crippen LogP contribution in [0.25, 0.3) is 0 Å². The Hall–Kier alpha value is -1.63. The van der Waals surface area contributed by atoms with Crippen LogP contribution >= 0.6 is 0 Å².